The molecule has 1 saturated carbocycles. The largest absolute Gasteiger partial charge is 0.354 e. The zero-order chi connectivity index (χ0) is 21.4. The summed E-state index contributed by atoms with van der Waals surface area (Å²) in [5, 5.41) is 14.8. The zero-order valence-corrected chi connectivity index (χ0v) is 17.5. The van der Waals surface area contributed by atoms with Crippen LogP contribution in [0.15, 0.2) is 30.6 Å². The number of hydrogen-bond acceptors (Lipinski definition) is 8. The van der Waals surface area contributed by atoms with Gasteiger partial charge in [0.1, 0.15) is 11.5 Å². The lowest BCUT2D eigenvalue weighted by Crippen LogP contribution is -2.60. The van der Waals surface area contributed by atoms with E-state index in [1.807, 2.05) is 6.07 Å². The Morgan fingerprint density at radius 2 is 1.90 bits per heavy atom. The summed E-state index contributed by atoms with van der Waals surface area (Å²) in [6.07, 6.45) is 7.86. The number of piperazine rings is 1. The van der Waals surface area contributed by atoms with E-state index in [9.17, 15) is 4.79 Å². The molecule has 9 nitrogen and oxygen atoms in total. The number of amides is 1. The van der Waals surface area contributed by atoms with E-state index in [0.29, 0.717) is 29.8 Å². The highest BCUT2D eigenvalue weighted by Gasteiger charge is 2.47. The van der Waals surface area contributed by atoms with Crippen molar-refractivity contribution in [2.75, 3.05) is 30.4 Å². The summed E-state index contributed by atoms with van der Waals surface area (Å²) in [6, 6.07) is 9.48. The molecule has 9 heteroatoms. The fourth-order valence-corrected chi connectivity index (χ4v) is 5.10. The van der Waals surface area contributed by atoms with Crippen molar-refractivity contribution < 1.29 is 4.79 Å². The fourth-order valence-electron chi connectivity index (χ4n) is 5.10. The molecule has 2 atom stereocenters. The van der Waals surface area contributed by atoms with E-state index in [-0.39, 0.29) is 11.8 Å². The van der Waals surface area contributed by atoms with Gasteiger partial charge in [-0.15, -0.1) is 0 Å². The first-order valence-electron chi connectivity index (χ1n) is 10.8. The highest BCUT2D eigenvalue weighted by atomic mass is 16.1. The maximum absolute atomic E-state index is 11.6. The molecule has 2 aliphatic heterocycles. The standard InChI is InChI=1S/C22H26N8O/c1-24-21(31)19-5-2-15(11-26-19)27-22-25-7-6-20(28-22)29-12-16-3-4-17(13-29)30(16)18-8-14(9-18)10-23/h2,5-7,11,14,16-18H,3-4,8-9,12-13H2,1H3,(H,24,31)(H,25,27,28)/t14-,16-,17+,18+. The predicted molar refractivity (Wildman–Crippen MR) is 116 cm³/mol. The van der Waals surface area contributed by atoms with Gasteiger partial charge in [-0.3, -0.25) is 9.69 Å². The van der Waals surface area contributed by atoms with Crippen molar-refractivity contribution in [3.05, 3.63) is 36.3 Å². The van der Waals surface area contributed by atoms with Crippen LogP contribution in [-0.2, 0) is 0 Å². The van der Waals surface area contributed by atoms with E-state index in [2.05, 4.69) is 36.5 Å². The van der Waals surface area contributed by atoms with Gasteiger partial charge in [-0.1, -0.05) is 0 Å². The van der Waals surface area contributed by atoms with Crippen molar-refractivity contribution in [3.8, 4) is 6.07 Å². The lowest BCUT2D eigenvalue weighted by atomic mass is 9.79. The van der Waals surface area contributed by atoms with Crippen LogP contribution in [0.2, 0.25) is 0 Å². The van der Waals surface area contributed by atoms with Crippen LogP contribution in [0.25, 0.3) is 0 Å². The number of anilines is 3. The minimum absolute atomic E-state index is 0.219. The molecule has 1 amide bonds. The molecule has 0 spiro atoms. The molecular formula is C22H26N8O. The molecule has 2 bridgehead atoms. The highest BCUT2D eigenvalue weighted by molar-refractivity contribution is 5.92. The summed E-state index contributed by atoms with van der Waals surface area (Å²) < 4.78 is 0. The van der Waals surface area contributed by atoms with Gasteiger partial charge in [0.05, 0.1) is 18.0 Å². The first-order chi connectivity index (χ1) is 15.1. The fraction of sp³-hybridized carbons (Fsp3) is 0.500. The molecule has 0 aromatic carbocycles. The molecule has 160 valence electrons. The molecule has 4 heterocycles. The minimum atomic E-state index is -0.219. The number of carbonyl (C=O) groups is 1. The van der Waals surface area contributed by atoms with Crippen molar-refractivity contribution in [1.82, 2.24) is 25.2 Å². The Balaban J connectivity index is 1.25. The van der Waals surface area contributed by atoms with E-state index in [1.165, 1.54) is 12.8 Å². The Labute approximate surface area is 181 Å². The van der Waals surface area contributed by atoms with Gasteiger partial charge in [0.15, 0.2) is 0 Å². The Bertz CT molecular complexity index is 983. The van der Waals surface area contributed by atoms with Crippen LogP contribution < -0.4 is 15.5 Å². The predicted octanol–water partition coefficient (Wildman–Crippen LogP) is 1.93. The van der Waals surface area contributed by atoms with Crippen LogP contribution in [0.4, 0.5) is 17.5 Å². The molecule has 0 unspecified atom stereocenters. The summed E-state index contributed by atoms with van der Waals surface area (Å²) in [5.41, 5.74) is 1.09. The van der Waals surface area contributed by atoms with Crippen molar-refractivity contribution in [1.29, 1.82) is 5.26 Å². The molecular weight excluding hydrogens is 392 g/mol. The monoisotopic (exact) mass is 418 g/mol. The summed E-state index contributed by atoms with van der Waals surface area (Å²) in [6.45, 7) is 1.92. The lowest BCUT2D eigenvalue weighted by Gasteiger charge is -2.49. The van der Waals surface area contributed by atoms with Gasteiger partial charge in [-0.05, 0) is 43.9 Å². The molecule has 5 rings (SSSR count). The van der Waals surface area contributed by atoms with E-state index in [0.717, 1.165) is 37.4 Å². The number of aromatic nitrogens is 3. The number of carbonyl (C=O) groups excluding carboxylic acids is 1. The van der Waals surface area contributed by atoms with Gasteiger partial charge < -0.3 is 15.5 Å². The molecule has 2 aromatic rings. The number of rotatable bonds is 5. The van der Waals surface area contributed by atoms with Crippen LogP contribution in [0.5, 0.6) is 0 Å². The first kappa shape index (κ1) is 19.7. The van der Waals surface area contributed by atoms with Crippen molar-refractivity contribution >= 4 is 23.4 Å². The van der Waals surface area contributed by atoms with Crippen molar-refractivity contribution in [2.45, 2.75) is 43.8 Å². The number of fused-ring (bicyclic) bond motifs is 2. The molecule has 1 aliphatic carbocycles. The Morgan fingerprint density at radius 1 is 1.13 bits per heavy atom. The molecule has 3 aliphatic rings. The van der Waals surface area contributed by atoms with Gasteiger partial charge in [0, 0.05) is 50.4 Å². The number of nitrogens with one attached hydrogen (secondary N) is 2. The molecule has 2 saturated heterocycles. The van der Waals surface area contributed by atoms with Crippen LogP contribution in [0.3, 0.4) is 0 Å². The van der Waals surface area contributed by atoms with E-state index in [1.54, 1.807) is 31.6 Å². The number of hydrogen-bond donors (Lipinski definition) is 2. The van der Waals surface area contributed by atoms with Crippen LogP contribution in [0.1, 0.15) is 36.2 Å². The van der Waals surface area contributed by atoms with E-state index < -0.39 is 0 Å². The average Bonchev–Trinajstić information content (AvgIpc) is 3.01. The SMILES string of the molecule is CNC(=O)c1ccc(Nc2nccc(N3C[C@H]4CC[C@@H](C3)N4[C@H]3C[C@@H](C#N)C3)n2)cn1. The summed E-state index contributed by atoms with van der Waals surface area (Å²) in [5.74, 6) is 1.46. The lowest BCUT2D eigenvalue weighted by molar-refractivity contribution is 0.0437. The topological polar surface area (TPSA) is 110 Å². The maximum Gasteiger partial charge on any atom is 0.269 e. The summed E-state index contributed by atoms with van der Waals surface area (Å²) in [4.78, 5) is 29.9. The number of nitriles is 1. The minimum Gasteiger partial charge on any atom is -0.354 e. The van der Waals surface area contributed by atoms with Gasteiger partial charge in [0.2, 0.25) is 5.95 Å². The first-order valence-corrected chi connectivity index (χ1v) is 10.8. The summed E-state index contributed by atoms with van der Waals surface area (Å²) in [7, 11) is 1.58. The van der Waals surface area contributed by atoms with Crippen molar-refractivity contribution in [2.24, 2.45) is 5.92 Å². The zero-order valence-electron chi connectivity index (χ0n) is 17.5. The number of pyridine rings is 1. The van der Waals surface area contributed by atoms with Crippen LogP contribution in [0, 0.1) is 17.2 Å². The Morgan fingerprint density at radius 3 is 2.55 bits per heavy atom. The third-order valence-electron chi connectivity index (χ3n) is 6.70. The van der Waals surface area contributed by atoms with Crippen LogP contribution in [-0.4, -0.2) is 64.0 Å². The van der Waals surface area contributed by atoms with Gasteiger partial charge in [0.25, 0.3) is 5.91 Å². The third-order valence-corrected chi connectivity index (χ3v) is 6.70. The van der Waals surface area contributed by atoms with E-state index in [4.69, 9.17) is 10.2 Å². The van der Waals surface area contributed by atoms with Gasteiger partial charge in [-0.2, -0.15) is 10.2 Å². The molecule has 2 aromatic heterocycles. The van der Waals surface area contributed by atoms with Gasteiger partial charge in [-0.25, -0.2) is 9.97 Å². The average molecular weight is 419 g/mol. The second-order valence-corrected chi connectivity index (χ2v) is 8.56. The smallest absolute Gasteiger partial charge is 0.269 e. The molecule has 0 radical (unpaired) electrons. The van der Waals surface area contributed by atoms with E-state index >= 15 is 0 Å². The number of nitrogens with zero attached hydrogens (tertiary/aromatic N) is 6. The molecule has 31 heavy (non-hydrogen) atoms. The quantitative estimate of drug-likeness (QED) is 0.758. The van der Waals surface area contributed by atoms with Crippen LogP contribution >= 0.6 is 0 Å². The molecule has 2 N–H and O–H groups in total. The second kappa shape index (κ2) is 8.12. The maximum atomic E-state index is 11.6. The highest BCUT2D eigenvalue weighted by Crippen LogP contribution is 2.41. The Hall–Kier alpha value is -3.25. The Kier molecular flexibility index (Phi) is 5.16. The third kappa shape index (κ3) is 3.79. The summed E-state index contributed by atoms with van der Waals surface area (Å²) >= 11 is 0. The molecule has 3 fully saturated rings. The van der Waals surface area contributed by atoms with Gasteiger partial charge >= 0.3 is 0 Å². The second-order valence-electron chi connectivity index (χ2n) is 8.56. The van der Waals surface area contributed by atoms with Crippen molar-refractivity contribution in [3.63, 3.8) is 0 Å². The normalized spacial score (nSPS) is 27.3.